The van der Waals surface area contributed by atoms with Gasteiger partial charge in [-0.15, -0.1) is 23.7 Å². The molecule has 0 bridgehead atoms. The van der Waals surface area contributed by atoms with Crippen molar-refractivity contribution in [2.24, 2.45) is 0 Å². The van der Waals surface area contributed by atoms with E-state index in [4.69, 9.17) is 0 Å². The number of nitrogens with one attached hydrogen (secondary N) is 2. The molecule has 16 heavy (non-hydrogen) atoms. The van der Waals surface area contributed by atoms with Crippen molar-refractivity contribution >= 4 is 45.6 Å². The van der Waals surface area contributed by atoms with Gasteiger partial charge in [-0.25, -0.2) is 0 Å². The maximum absolute atomic E-state index is 11.6. The lowest BCUT2D eigenvalue weighted by molar-refractivity contribution is -0.120. The minimum atomic E-state index is 0. The molecule has 0 saturated carbocycles. The molecule has 1 unspecified atom stereocenters. The molecule has 0 aromatic carbocycles. The first-order chi connectivity index (χ1) is 7.24. The molecule has 1 saturated heterocycles. The van der Waals surface area contributed by atoms with Crippen LogP contribution in [0.5, 0.6) is 0 Å². The summed E-state index contributed by atoms with van der Waals surface area (Å²) in [5, 5.41) is 6.25. The summed E-state index contributed by atoms with van der Waals surface area (Å²) in [5.74, 6) is 0.123. The van der Waals surface area contributed by atoms with E-state index >= 15 is 0 Å². The molecule has 1 aromatic rings. The first-order valence-electron chi connectivity index (χ1n) is 4.98. The monoisotopic (exact) mass is 324 g/mol. The van der Waals surface area contributed by atoms with Crippen LogP contribution in [0.2, 0.25) is 0 Å². The minimum Gasteiger partial charge on any atom is -0.352 e. The number of hydrogen-bond donors (Lipinski definition) is 2. The average molecular weight is 326 g/mol. The zero-order valence-electron chi connectivity index (χ0n) is 8.66. The Bertz CT molecular complexity index is 352. The van der Waals surface area contributed by atoms with E-state index in [-0.39, 0.29) is 18.3 Å². The van der Waals surface area contributed by atoms with E-state index in [1.54, 1.807) is 11.3 Å². The highest BCUT2D eigenvalue weighted by atomic mass is 79.9. The summed E-state index contributed by atoms with van der Waals surface area (Å²) in [5.41, 5.74) is 0. The van der Waals surface area contributed by atoms with Gasteiger partial charge in [-0.2, -0.15) is 0 Å². The molecule has 3 nitrogen and oxygen atoms in total. The number of carbonyl (C=O) groups excluding carboxylic acids is 1. The molecule has 1 amide bonds. The second-order valence-corrected chi connectivity index (χ2v) is 6.19. The molecule has 2 rings (SSSR count). The Labute approximate surface area is 114 Å². The van der Waals surface area contributed by atoms with Gasteiger partial charge in [0, 0.05) is 17.5 Å². The van der Waals surface area contributed by atoms with Gasteiger partial charge in [-0.3, -0.25) is 4.79 Å². The normalized spacial score (nSPS) is 19.2. The van der Waals surface area contributed by atoms with E-state index in [0.29, 0.717) is 12.5 Å². The highest BCUT2D eigenvalue weighted by Crippen LogP contribution is 2.22. The van der Waals surface area contributed by atoms with Crippen LogP contribution in [0.3, 0.4) is 0 Å². The van der Waals surface area contributed by atoms with Gasteiger partial charge in [0.15, 0.2) is 0 Å². The SMILES string of the molecule is Cl.O=C(Cc1ccc(Br)s1)NC1CCNC1. The highest BCUT2D eigenvalue weighted by Gasteiger charge is 2.16. The van der Waals surface area contributed by atoms with Gasteiger partial charge in [0.05, 0.1) is 10.2 Å². The molecule has 2 N–H and O–H groups in total. The maximum atomic E-state index is 11.6. The summed E-state index contributed by atoms with van der Waals surface area (Å²) < 4.78 is 1.08. The van der Waals surface area contributed by atoms with Gasteiger partial charge >= 0.3 is 0 Å². The number of carbonyl (C=O) groups is 1. The third-order valence-corrected chi connectivity index (χ3v) is 4.01. The molecule has 0 aliphatic carbocycles. The van der Waals surface area contributed by atoms with Crippen molar-refractivity contribution in [1.82, 2.24) is 10.6 Å². The van der Waals surface area contributed by atoms with E-state index in [2.05, 4.69) is 26.6 Å². The molecular formula is C10H14BrClN2OS. The van der Waals surface area contributed by atoms with E-state index in [1.165, 1.54) is 0 Å². The third-order valence-electron chi connectivity index (χ3n) is 2.39. The van der Waals surface area contributed by atoms with Crippen molar-refractivity contribution in [2.75, 3.05) is 13.1 Å². The summed E-state index contributed by atoms with van der Waals surface area (Å²) in [4.78, 5) is 12.7. The lowest BCUT2D eigenvalue weighted by Gasteiger charge is -2.10. The van der Waals surface area contributed by atoms with Gasteiger partial charge in [0.2, 0.25) is 5.91 Å². The van der Waals surface area contributed by atoms with Crippen molar-refractivity contribution in [3.05, 3.63) is 20.8 Å². The van der Waals surface area contributed by atoms with Gasteiger partial charge < -0.3 is 10.6 Å². The van der Waals surface area contributed by atoms with E-state index in [9.17, 15) is 4.79 Å². The number of rotatable bonds is 3. The number of hydrogen-bond acceptors (Lipinski definition) is 3. The topological polar surface area (TPSA) is 41.1 Å². The summed E-state index contributed by atoms with van der Waals surface area (Å²) in [7, 11) is 0. The molecule has 1 aliphatic heterocycles. The highest BCUT2D eigenvalue weighted by molar-refractivity contribution is 9.11. The van der Waals surface area contributed by atoms with Crippen molar-refractivity contribution < 1.29 is 4.79 Å². The lowest BCUT2D eigenvalue weighted by atomic mass is 10.2. The van der Waals surface area contributed by atoms with Crippen LogP contribution in [0.4, 0.5) is 0 Å². The van der Waals surface area contributed by atoms with Crippen LogP contribution in [0, 0.1) is 0 Å². The minimum absolute atomic E-state index is 0. The smallest absolute Gasteiger partial charge is 0.225 e. The maximum Gasteiger partial charge on any atom is 0.225 e. The number of thiophene rings is 1. The van der Waals surface area contributed by atoms with Crippen LogP contribution in [0.25, 0.3) is 0 Å². The predicted molar refractivity (Wildman–Crippen MR) is 72.4 cm³/mol. The van der Waals surface area contributed by atoms with Gasteiger partial charge in [0.1, 0.15) is 0 Å². The summed E-state index contributed by atoms with van der Waals surface area (Å²) in [6, 6.07) is 4.28. The zero-order chi connectivity index (χ0) is 10.7. The molecule has 1 aliphatic rings. The second-order valence-electron chi connectivity index (χ2n) is 3.64. The van der Waals surface area contributed by atoms with Crippen molar-refractivity contribution in [3.63, 3.8) is 0 Å². The Morgan fingerprint density at radius 3 is 3.00 bits per heavy atom. The van der Waals surface area contributed by atoms with Crippen molar-refractivity contribution in [2.45, 2.75) is 18.9 Å². The van der Waals surface area contributed by atoms with Crippen LogP contribution >= 0.6 is 39.7 Å². The fourth-order valence-corrected chi connectivity index (χ4v) is 3.14. The summed E-state index contributed by atoms with van der Waals surface area (Å²) in [6.45, 7) is 1.91. The molecule has 1 aromatic heterocycles. The molecule has 1 fully saturated rings. The van der Waals surface area contributed by atoms with Crippen molar-refractivity contribution in [3.8, 4) is 0 Å². The second kappa shape index (κ2) is 6.59. The quantitative estimate of drug-likeness (QED) is 0.892. The first kappa shape index (κ1) is 14.0. The van der Waals surface area contributed by atoms with E-state index < -0.39 is 0 Å². The van der Waals surface area contributed by atoms with E-state index in [0.717, 1.165) is 28.2 Å². The first-order valence-corrected chi connectivity index (χ1v) is 6.59. The lowest BCUT2D eigenvalue weighted by Crippen LogP contribution is -2.36. The molecule has 6 heteroatoms. The van der Waals surface area contributed by atoms with Crippen LogP contribution in [-0.4, -0.2) is 25.0 Å². The predicted octanol–water partition coefficient (Wildman–Crippen LogP) is 1.95. The van der Waals surface area contributed by atoms with Gasteiger partial charge in [-0.1, -0.05) is 0 Å². The largest absolute Gasteiger partial charge is 0.352 e. The van der Waals surface area contributed by atoms with Gasteiger partial charge in [-0.05, 0) is 41.0 Å². The molecule has 0 spiro atoms. The van der Waals surface area contributed by atoms with Crippen LogP contribution in [-0.2, 0) is 11.2 Å². The van der Waals surface area contributed by atoms with Crippen molar-refractivity contribution in [1.29, 1.82) is 0 Å². The Balaban J connectivity index is 0.00000128. The average Bonchev–Trinajstić information content (AvgIpc) is 2.77. The standard InChI is InChI=1S/C10H13BrN2OS.ClH/c11-9-2-1-8(15-9)5-10(14)13-7-3-4-12-6-7;/h1-2,7,12H,3-6H2,(H,13,14);1H. The Hall–Kier alpha value is -0.100. The Morgan fingerprint density at radius 2 is 2.44 bits per heavy atom. The van der Waals surface area contributed by atoms with Crippen LogP contribution < -0.4 is 10.6 Å². The van der Waals surface area contributed by atoms with E-state index in [1.807, 2.05) is 12.1 Å². The molecule has 2 heterocycles. The zero-order valence-corrected chi connectivity index (χ0v) is 11.9. The fourth-order valence-electron chi connectivity index (χ4n) is 1.66. The molecular weight excluding hydrogens is 312 g/mol. The Morgan fingerprint density at radius 1 is 1.62 bits per heavy atom. The van der Waals surface area contributed by atoms with Gasteiger partial charge in [0.25, 0.3) is 0 Å². The number of amides is 1. The molecule has 1 atom stereocenters. The molecule has 90 valence electrons. The molecule has 0 radical (unpaired) electrons. The third kappa shape index (κ3) is 4.05. The summed E-state index contributed by atoms with van der Waals surface area (Å²) in [6.07, 6.45) is 1.53. The summed E-state index contributed by atoms with van der Waals surface area (Å²) >= 11 is 5.00. The number of halogens is 2. The Kier molecular flexibility index (Phi) is 5.75. The fraction of sp³-hybridized carbons (Fsp3) is 0.500. The van der Waals surface area contributed by atoms with Crippen LogP contribution in [0.1, 0.15) is 11.3 Å². The van der Waals surface area contributed by atoms with Crippen LogP contribution in [0.15, 0.2) is 15.9 Å².